The molecule has 2 heterocycles. The van der Waals surface area contributed by atoms with Gasteiger partial charge in [0.05, 0.1) is 12.0 Å². The summed E-state index contributed by atoms with van der Waals surface area (Å²) in [5.41, 5.74) is -0.619. The molecule has 194 valence electrons. The normalized spacial score (nSPS) is 43.8. The minimum atomic E-state index is -1.69. The minimum Gasteiger partial charge on any atom is -0.466 e. The fourth-order valence-corrected chi connectivity index (χ4v) is 8.07. The monoisotopic (exact) mass is 514 g/mol. The number of hydrogen-bond donors (Lipinski definition) is 1. The van der Waals surface area contributed by atoms with Gasteiger partial charge >= 0.3 is 0 Å². The summed E-state index contributed by atoms with van der Waals surface area (Å²) >= 11 is 6.27. The van der Waals surface area contributed by atoms with Crippen molar-refractivity contribution in [2.24, 2.45) is 34.5 Å². The van der Waals surface area contributed by atoms with Crippen molar-refractivity contribution in [1.82, 2.24) is 9.97 Å². The average Bonchev–Trinajstić information content (AvgIpc) is 3.29. The Morgan fingerprint density at radius 2 is 1.92 bits per heavy atom. The highest BCUT2D eigenvalue weighted by molar-refractivity contribution is 6.30. The molecular formula is C28H35ClN2O5. The molecule has 4 aliphatic carbocycles. The number of ether oxygens (including phenoxy) is 3. The van der Waals surface area contributed by atoms with Crippen molar-refractivity contribution in [1.29, 1.82) is 0 Å². The summed E-state index contributed by atoms with van der Waals surface area (Å²) in [7, 11) is 0. The molecule has 8 heteroatoms. The number of nitrogens with zero attached hydrogens (tertiary/aromatic N) is 2. The van der Waals surface area contributed by atoms with Gasteiger partial charge in [0.15, 0.2) is 23.3 Å². The number of aromatic nitrogens is 2. The first kappa shape index (κ1) is 24.5. The fourth-order valence-electron chi connectivity index (χ4n) is 7.94. The first-order valence-corrected chi connectivity index (χ1v) is 13.3. The molecule has 3 fully saturated rings. The fraction of sp³-hybridized carbons (Fsp3) is 0.679. The van der Waals surface area contributed by atoms with Crippen LogP contribution >= 0.6 is 11.6 Å². The van der Waals surface area contributed by atoms with E-state index in [1.807, 2.05) is 26.8 Å². The molecule has 1 spiro atoms. The van der Waals surface area contributed by atoms with Gasteiger partial charge in [0, 0.05) is 11.5 Å². The molecule has 1 aliphatic heterocycles. The van der Waals surface area contributed by atoms with E-state index < -0.39 is 29.0 Å². The Hall–Kier alpha value is -1.80. The Morgan fingerprint density at radius 1 is 1.19 bits per heavy atom. The van der Waals surface area contributed by atoms with Crippen LogP contribution in [0.4, 0.5) is 0 Å². The van der Waals surface area contributed by atoms with Crippen molar-refractivity contribution in [3.05, 3.63) is 40.3 Å². The van der Waals surface area contributed by atoms with Crippen molar-refractivity contribution >= 4 is 17.4 Å². The molecule has 0 radical (unpaired) electrons. The molecule has 0 amide bonds. The van der Waals surface area contributed by atoms with Gasteiger partial charge in [0.25, 0.3) is 0 Å². The van der Waals surface area contributed by atoms with Gasteiger partial charge in [-0.1, -0.05) is 44.5 Å². The predicted octanol–water partition coefficient (Wildman–Crippen LogP) is 4.45. The molecule has 6 rings (SSSR count). The summed E-state index contributed by atoms with van der Waals surface area (Å²) in [6.45, 7) is 14.3. The number of carbonyl (C=O) groups is 1. The minimum absolute atomic E-state index is 0.0572. The zero-order chi connectivity index (χ0) is 26.0. The lowest BCUT2D eigenvalue weighted by Crippen LogP contribution is -2.68. The molecule has 0 aromatic carbocycles. The lowest BCUT2D eigenvalue weighted by molar-refractivity contribution is -0.301. The lowest BCUT2D eigenvalue weighted by Gasteiger charge is -2.52. The smallest absolute Gasteiger partial charge is 0.221 e. The van der Waals surface area contributed by atoms with E-state index in [0.29, 0.717) is 11.5 Å². The van der Waals surface area contributed by atoms with Crippen LogP contribution in [0.15, 0.2) is 29.6 Å². The SMILES string of the molecule is CC1=CC23C(=O)[C@@H](C=C4COC(C)(C)O[C@H]4[C@]2(O)[C@H]1Oc1ncnc(Cl)c1C)[C@H]1[C@@H](C[C@H]3C)C1(C)C. The summed E-state index contributed by atoms with van der Waals surface area (Å²) in [5.74, 6) is -0.375. The van der Waals surface area contributed by atoms with Crippen molar-refractivity contribution < 1.29 is 24.1 Å². The topological polar surface area (TPSA) is 90.8 Å². The molecule has 1 aromatic heterocycles. The van der Waals surface area contributed by atoms with Crippen LogP contribution < -0.4 is 4.74 Å². The Morgan fingerprint density at radius 3 is 2.64 bits per heavy atom. The van der Waals surface area contributed by atoms with Crippen LogP contribution in [0.25, 0.3) is 0 Å². The third kappa shape index (κ3) is 2.94. The number of hydrogen-bond acceptors (Lipinski definition) is 7. The van der Waals surface area contributed by atoms with Crippen LogP contribution in [0.5, 0.6) is 5.88 Å². The number of rotatable bonds is 2. The Balaban J connectivity index is 1.56. The Bertz CT molecular complexity index is 1220. The van der Waals surface area contributed by atoms with Gasteiger partial charge in [-0.15, -0.1) is 0 Å². The zero-order valence-electron chi connectivity index (χ0n) is 22.0. The van der Waals surface area contributed by atoms with E-state index in [2.05, 4.69) is 36.8 Å². The lowest BCUT2D eigenvalue weighted by atomic mass is 9.59. The van der Waals surface area contributed by atoms with Crippen LogP contribution in [0.1, 0.15) is 53.5 Å². The molecule has 8 atom stereocenters. The number of carbonyl (C=O) groups excluding carboxylic acids is 1. The second-order valence-corrected chi connectivity index (χ2v) is 12.9. The highest BCUT2D eigenvalue weighted by Crippen LogP contribution is 2.72. The van der Waals surface area contributed by atoms with Crippen LogP contribution in [-0.4, -0.2) is 51.1 Å². The summed E-state index contributed by atoms with van der Waals surface area (Å²) in [6, 6.07) is 0. The van der Waals surface area contributed by atoms with E-state index >= 15 is 0 Å². The second kappa shape index (κ2) is 7.40. The molecule has 1 unspecified atom stereocenters. The number of allylic oxidation sites excluding steroid dienone is 1. The van der Waals surface area contributed by atoms with E-state index in [0.717, 1.165) is 17.6 Å². The summed E-state index contributed by atoms with van der Waals surface area (Å²) in [6.07, 6.45) is 4.58. The van der Waals surface area contributed by atoms with Gasteiger partial charge in [-0.3, -0.25) is 4.79 Å². The number of fused-ring (bicyclic) bond motifs is 5. The predicted molar refractivity (Wildman–Crippen MR) is 133 cm³/mol. The number of ketones is 1. The van der Waals surface area contributed by atoms with E-state index in [1.54, 1.807) is 6.92 Å². The standard InChI is InChI=1S/C28H35ClN2O5/c1-13-10-27-14(2)8-18-19(25(18,4)5)17(20(27)32)9-16-11-34-26(6,7)36-22(16)28(27,33)21(13)35-24-15(3)23(29)30-12-31-24/h9-10,12,14,17-19,21-22,33H,8,11H2,1-7H3/t14-,17+,18-,19+,21+,22-,27?,28-/m1/s1. The van der Waals surface area contributed by atoms with Crippen molar-refractivity contribution in [2.75, 3.05) is 6.61 Å². The van der Waals surface area contributed by atoms with Crippen molar-refractivity contribution in [3.8, 4) is 5.88 Å². The molecule has 1 saturated heterocycles. The highest BCUT2D eigenvalue weighted by atomic mass is 35.5. The van der Waals surface area contributed by atoms with Gasteiger partial charge in [0.1, 0.15) is 17.6 Å². The average molecular weight is 515 g/mol. The largest absolute Gasteiger partial charge is 0.466 e. The molecule has 1 aromatic rings. The maximum absolute atomic E-state index is 14.7. The first-order chi connectivity index (χ1) is 16.8. The molecule has 7 nitrogen and oxygen atoms in total. The highest BCUT2D eigenvalue weighted by Gasteiger charge is 2.77. The van der Waals surface area contributed by atoms with E-state index in [9.17, 15) is 9.90 Å². The summed E-state index contributed by atoms with van der Waals surface area (Å²) in [4.78, 5) is 23.1. The number of Topliss-reactive ketones (excluding diaryl/α,β-unsaturated/α-hetero) is 1. The van der Waals surface area contributed by atoms with Gasteiger partial charge in [-0.2, -0.15) is 0 Å². The number of aliphatic hydroxyl groups is 1. The zero-order valence-corrected chi connectivity index (χ0v) is 22.7. The maximum atomic E-state index is 14.7. The van der Waals surface area contributed by atoms with Crippen LogP contribution in [-0.2, 0) is 14.3 Å². The van der Waals surface area contributed by atoms with Gasteiger partial charge in [-0.05, 0) is 68.4 Å². The second-order valence-electron chi connectivity index (χ2n) is 12.6. The van der Waals surface area contributed by atoms with Gasteiger partial charge in [-0.25, -0.2) is 9.97 Å². The van der Waals surface area contributed by atoms with Crippen LogP contribution in [0, 0.1) is 41.4 Å². The Labute approximate surface area is 217 Å². The molecule has 36 heavy (non-hydrogen) atoms. The van der Waals surface area contributed by atoms with E-state index in [1.165, 1.54) is 6.33 Å². The third-order valence-corrected chi connectivity index (χ3v) is 10.3. The maximum Gasteiger partial charge on any atom is 0.221 e. The van der Waals surface area contributed by atoms with Crippen LogP contribution in [0.2, 0.25) is 5.15 Å². The molecular weight excluding hydrogens is 480 g/mol. The first-order valence-electron chi connectivity index (χ1n) is 12.9. The molecule has 1 N–H and O–H groups in total. The van der Waals surface area contributed by atoms with E-state index in [-0.39, 0.29) is 46.6 Å². The molecule has 5 aliphatic rings. The van der Waals surface area contributed by atoms with Gasteiger partial charge in [0.2, 0.25) is 5.88 Å². The summed E-state index contributed by atoms with van der Waals surface area (Å²) < 4.78 is 19.0. The number of halogens is 1. The quantitative estimate of drug-likeness (QED) is 0.460. The van der Waals surface area contributed by atoms with E-state index in [4.69, 9.17) is 25.8 Å². The molecule has 2 bridgehead atoms. The van der Waals surface area contributed by atoms with Crippen molar-refractivity contribution in [2.45, 2.75) is 78.5 Å². The van der Waals surface area contributed by atoms with Crippen LogP contribution in [0.3, 0.4) is 0 Å². The van der Waals surface area contributed by atoms with Gasteiger partial charge < -0.3 is 19.3 Å². The third-order valence-electron chi connectivity index (χ3n) is 9.88. The Kier molecular flexibility index (Phi) is 5.04. The summed E-state index contributed by atoms with van der Waals surface area (Å²) in [5, 5.41) is 13.4. The molecule has 2 saturated carbocycles. The van der Waals surface area contributed by atoms with Crippen molar-refractivity contribution in [3.63, 3.8) is 0 Å².